The molecule has 0 atom stereocenters. The van der Waals surface area contributed by atoms with Crippen molar-refractivity contribution in [2.24, 2.45) is 0 Å². The zero-order valence-electron chi connectivity index (χ0n) is 17.0. The summed E-state index contributed by atoms with van der Waals surface area (Å²) in [6.45, 7) is 1.33. The Hall–Kier alpha value is -2.53. The smallest absolute Gasteiger partial charge is 0.251 e. The average Bonchev–Trinajstić information content (AvgIpc) is 3.20. The second-order valence-electron chi connectivity index (χ2n) is 7.58. The van der Waals surface area contributed by atoms with Crippen LogP contribution in [0.4, 0.5) is 0 Å². The number of carbonyl (C=O) groups excluding carboxylic acids is 1. The predicted octanol–water partition coefficient (Wildman–Crippen LogP) is 4.01. The second-order valence-corrected chi connectivity index (χ2v) is 7.58. The topological polar surface area (TPSA) is 50.8 Å². The van der Waals surface area contributed by atoms with E-state index in [-0.39, 0.29) is 12.0 Å². The Morgan fingerprint density at radius 2 is 1.79 bits per heavy atom. The molecule has 0 aliphatic heterocycles. The van der Waals surface area contributed by atoms with Crippen LogP contribution in [0.5, 0.6) is 11.5 Å². The van der Waals surface area contributed by atoms with Crippen molar-refractivity contribution >= 4 is 5.91 Å². The van der Waals surface area contributed by atoms with Crippen molar-refractivity contribution in [2.45, 2.75) is 44.9 Å². The molecule has 0 aromatic heterocycles. The van der Waals surface area contributed by atoms with E-state index < -0.39 is 0 Å². The van der Waals surface area contributed by atoms with E-state index >= 15 is 0 Å². The maximum absolute atomic E-state index is 12.7. The molecule has 5 nitrogen and oxygen atoms in total. The summed E-state index contributed by atoms with van der Waals surface area (Å²) in [5, 5.41) is 3.02. The van der Waals surface area contributed by atoms with Crippen molar-refractivity contribution in [3.8, 4) is 11.5 Å². The number of nitrogens with zero attached hydrogens (tertiary/aromatic N) is 1. The fourth-order valence-corrected chi connectivity index (χ4v) is 3.59. The Labute approximate surface area is 167 Å². The molecule has 1 aliphatic rings. The van der Waals surface area contributed by atoms with Crippen LogP contribution in [0, 0.1) is 0 Å². The van der Waals surface area contributed by atoms with Gasteiger partial charge in [-0.1, -0.05) is 24.3 Å². The van der Waals surface area contributed by atoms with Crippen LogP contribution >= 0.6 is 0 Å². The molecule has 150 valence electrons. The highest BCUT2D eigenvalue weighted by Gasteiger charge is 2.19. The summed E-state index contributed by atoms with van der Waals surface area (Å²) in [6, 6.07) is 13.6. The van der Waals surface area contributed by atoms with E-state index in [2.05, 4.69) is 22.3 Å². The highest BCUT2D eigenvalue weighted by molar-refractivity contribution is 5.94. The van der Waals surface area contributed by atoms with Crippen LogP contribution in [-0.2, 0) is 13.1 Å². The minimum Gasteiger partial charge on any atom is -0.493 e. The molecule has 0 unspecified atom stereocenters. The van der Waals surface area contributed by atoms with Gasteiger partial charge in [0.15, 0.2) is 11.5 Å². The number of rotatable bonds is 8. The van der Waals surface area contributed by atoms with Gasteiger partial charge in [-0.05, 0) is 69.1 Å². The van der Waals surface area contributed by atoms with Gasteiger partial charge in [0.05, 0.1) is 13.2 Å². The fraction of sp³-hybridized carbons (Fsp3) is 0.435. The summed E-state index contributed by atoms with van der Waals surface area (Å²) >= 11 is 0. The monoisotopic (exact) mass is 382 g/mol. The van der Waals surface area contributed by atoms with Gasteiger partial charge in [-0.3, -0.25) is 4.79 Å². The molecule has 2 aromatic rings. The van der Waals surface area contributed by atoms with Gasteiger partial charge in [0, 0.05) is 18.7 Å². The van der Waals surface area contributed by atoms with Crippen LogP contribution in [0.15, 0.2) is 42.5 Å². The normalized spacial score (nSPS) is 14.3. The van der Waals surface area contributed by atoms with Gasteiger partial charge in [-0.25, -0.2) is 0 Å². The molecule has 0 heterocycles. The summed E-state index contributed by atoms with van der Waals surface area (Å²) < 4.78 is 11.5. The Morgan fingerprint density at radius 3 is 2.46 bits per heavy atom. The first-order valence-electron chi connectivity index (χ1n) is 9.91. The number of hydrogen-bond donors (Lipinski definition) is 1. The Morgan fingerprint density at radius 1 is 1.07 bits per heavy atom. The van der Waals surface area contributed by atoms with Gasteiger partial charge >= 0.3 is 0 Å². The third-order valence-electron chi connectivity index (χ3n) is 5.07. The number of nitrogens with one attached hydrogen (secondary N) is 1. The van der Waals surface area contributed by atoms with Gasteiger partial charge in [0.25, 0.3) is 5.91 Å². The summed E-state index contributed by atoms with van der Waals surface area (Å²) in [4.78, 5) is 14.8. The highest BCUT2D eigenvalue weighted by Crippen LogP contribution is 2.32. The molecule has 1 N–H and O–H groups in total. The lowest BCUT2D eigenvalue weighted by atomic mass is 10.1. The quantitative estimate of drug-likeness (QED) is 0.750. The van der Waals surface area contributed by atoms with E-state index in [1.165, 1.54) is 18.4 Å². The summed E-state index contributed by atoms with van der Waals surface area (Å²) in [7, 11) is 5.68. The van der Waals surface area contributed by atoms with E-state index in [0.717, 1.165) is 24.9 Å². The maximum atomic E-state index is 12.7. The minimum absolute atomic E-state index is 0.120. The number of benzene rings is 2. The molecule has 0 saturated heterocycles. The van der Waals surface area contributed by atoms with E-state index in [0.29, 0.717) is 23.6 Å². The molecule has 1 fully saturated rings. The van der Waals surface area contributed by atoms with E-state index in [4.69, 9.17) is 9.47 Å². The zero-order chi connectivity index (χ0) is 19.9. The van der Waals surface area contributed by atoms with E-state index in [9.17, 15) is 4.79 Å². The number of amides is 1. The molecule has 0 spiro atoms. The molecule has 28 heavy (non-hydrogen) atoms. The largest absolute Gasteiger partial charge is 0.493 e. The van der Waals surface area contributed by atoms with Crippen molar-refractivity contribution in [2.75, 3.05) is 21.2 Å². The lowest BCUT2D eigenvalue weighted by Crippen LogP contribution is -2.24. The second kappa shape index (κ2) is 9.60. The summed E-state index contributed by atoms with van der Waals surface area (Å²) in [5.41, 5.74) is 2.91. The standard InChI is InChI=1S/C23H30N2O3/c1-25(2)16-19-9-5-4-8-18(19)15-24-23(26)17-12-13-21(22(14-17)27-3)28-20-10-6-7-11-20/h4-5,8-9,12-14,20H,6-7,10-11,15-16H2,1-3H3,(H,24,26). The number of methoxy groups -OCH3 is 1. The lowest BCUT2D eigenvalue weighted by molar-refractivity contribution is 0.0950. The molecule has 2 aromatic carbocycles. The van der Waals surface area contributed by atoms with Crippen molar-refractivity contribution < 1.29 is 14.3 Å². The first-order valence-corrected chi connectivity index (χ1v) is 9.91. The third kappa shape index (κ3) is 5.26. The predicted molar refractivity (Wildman–Crippen MR) is 111 cm³/mol. The van der Waals surface area contributed by atoms with Crippen LogP contribution in [0.2, 0.25) is 0 Å². The molecule has 5 heteroatoms. The lowest BCUT2D eigenvalue weighted by Gasteiger charge is -2.17. The molecule has 0 bridgehead atoms. The summed E-state index contributed by atoms with van der Waals surface area (Å²) in [5.74, 6) is 1.19. The SMILES string of the molecule is COc1cc(C(=O)NCc2ccccc2CN(C)C)ccc1OC1CCCC1. The van der Waals surface area contributed by atoms with Gasteiger partial charge in [-0.15, -0.1) is 0 Å². The Kier molecular flexibility index (Phi) is 6.93. The Balaban J connectivity index is 1.66. The van der Waals surface area contributed by atoms with Crippen LogP contribution in [-0.4, -0.2) is 38.1 Å². The number of ether oxygens (including phenoxy) is 2. The molecule has 0 radical (unpaired) electrons. The third-order valence-corrected chi connectivity index (χ3v) is 5.07. The first-order chi connectivity index (χ1) is 13.6. The number of carbonyl (C=O) groups is 1. The molecule has 1 amide bonds. The molecular formula is C23H30N2O3. The minimum atomic E-state index is -0.120. The van der Waals surface area contributed by atoms with Crippen molar-refractivity contribution in [3.05, 3.63) is 59.2 Å². The number of hydrogen-bond acceptors (Lipinski definition) is 4. The van der Waals surface area contributed by atoms with Gasteiger partial charge in [0.1, 0.15) is 0 Å². The molecule has 3 rings (SSSR count). The van der Waals surface area contributed by atoms with E-state index in [1.807, 2.05) is 32.3 Å². The molecule has 1 aliphatic carbocycles. The molecular weight excluding hydrogens is 352 g/mol. The fourth-order valence-electron chi connectivity index (χ4n) is 3.59. The van der Waals surface area contributed by atoms with Crippen LogP contribution < -0.4 is 14.8 Å². The van der Waals surface area contributed by atoms with E-state index in [1.54, 1.807) is 19.2 Å². The average molecular weight is 383 g/mol. The first kappa shape index (κ1) is 20.2. The maximum Gasteiger partial charge on any atom is 0.251 e. The van der Waals surface area contributed by atoms with Crippen LogP contribution in [0.3, 0.4) is 0 Å². The molecule has 1 saturated carbocycles. The van der Waals surface area contributed by atoms with Crippen LogP contribution in [0.25, 0.3) is 0 Å². The van der Waals surface area contributed by atoms with Crippen molar-refractivity contribution in [1.29, 1.82) is 0 Å². The van der Waals surface area contributed by atoms with Gasteiger partial charge in [0.2, 0.25) is 0 Å². The highest BCUT2D eigenvalue weighted by atomic mass is 16.5. The summed E-state index contributed by atoms with van der Waals surface area (Å²) in [6.07, 6.45) is 4.84. The zero-order valence-corrected chi connectivity index (χ0v) is 17.0. The van der Waals surface area contributed by atoms with Crippen LogP contribution in [0.1, 0.15) is 47.2 Å². The Bertz CT molecular complexity index is 798. The van der Waals surface area contributed by atoms with Gasteiger partial charge in [-0.2, -0.15) is 0 Å². The van der Waals surface area contributed by atoms with Crippen molar-refractivity contribution in [3.63, 3.8) is 0 Å². The van der Waals surface area contributed by atoms with Gasteiger partial charge < -0.3 is 19.7 Å². The van der Waals surface area contributed by atoms with Crippen molar-refractivity contribution in [1.82, 2.24) is 10.2 Å².